The van der Waals surface area contributed by atoms with E-state index in [9.17, 15) is 4.39 Å². The van der Waals surface area contributed by atoms with Gasteiger partial charge < -0.3 is 5.73 Å². The first kappa shape index (κ1) is 13.5. The SMILES string of the molecule is CCC(N)C(c1cccc(F)c1)N1CCCCO1. The largest absolute Gasteiger partial charge is 0.326 e. The van der Waals surface area contributed by atoms with Gasteiger partial charge >= 0.3 is 0 Å². The van der Waals surface area contributed by atoms with Gasteiger partial charge in [-0.2, -0.15) is 5.06 Å². The van der Waals surface area contributed by atoms with Gasteiger partial charge in [-0.15, -0.1) is 0 Å². The highest BCUT2D eigenvalue weighted by atomic mass is 19.1. The summed E-state index contributed by atoms with van der Waals surface area (Å²) in [5.41, 5.74) is 7.08. The van der Waals surface area contributed by atoms with Gasteiger partial charge in [-0.3, -0.25) is 4.84 Å². The van der Waals surface area contributed by atoms with Gasteiger partial charge in [0.05, 0.1) is 12.6 Å². The fourth-order valence-corrected chi connectivity index (χ4v) is 2.38. The van der Waals surface area contributed by atoms with Gasteiger partial charge in [0.1, 0.15) is 5.82 Å². The van der Waals surface area contributed by atoms with Crippen molar-refractivity contribution in [2.24, 2.45) is 5.73 Å². The number of benzene rings is 1. The highest BCUT2D eigenvalue weighted by Gasteiger charge is 2.28. The van der Waals surface area contributed by atoms with Crippen LogP contribution in [-0.4, -0.2) is 24.3 Å². The van der Waals surface area contributed by atoms with Crippen LogP contribution >= 0.6 is 0 Å². The second-order valence-electron chi connectivity index (χ2n) is 4.75. The number of hydroxylamine groups is 2. The van der Waals surface area contributed by atoms with E-state index < -0.39 is 0 Å². The second kappa shape index (κ2) is 6.27. The topological polar surface area (TPSA) is 38.5 Å². The summed E-state index contributed by atoms with van der Waals surface area (Å²) in [5.74, 6) is -0.224. The van der Waals surface area contributed by atoms with Crippen molar-refractivity contribution in [3.05, 3.63) is 35.6 Å². The molecule has 0 spiro atoms. The molecule has 2 unspecified atom stereocenters. The summed E-state index contributed by atoms with van der Waals surface area (Å²) in [6, 6.07) is 6.54. The lowest BCUT2D eigenvalue weighted by atomic mass is 9.97. The van der Waals surface area contributed by atoms with Gasteiger partial charge in [-0.25, -0.2) is 4.39 Å². The Hall–Kier alpha value is -0.970. The molecule has 1 heterocycles. The van der Waals surface area contributed by atoms with Crippen LogP contribution in [0.2, 0.25) is 0 Å². The van der Waals surface area contributed by atoms with E-state index in [0.717, 1.165) is 38.0 Å². The van der Waals surface area contributed by atoms with Crippen molar-refractivity contribution in [3.63, 3.8) is 0 Å². The predicted octanol–water partition coefficient (Wildman–Crippen LogP) is 2.63. The molecular weight excluding hydrogens is 231 g/mol. The standard InChI is InChI=1S/C14H21FN2O/c1-2-13(16)14(17-8-3-4-9-18-17)11-6-5-7-12(15)10-11/h5-7,10,13-14H,2-4,8-9,16H2,1H3. The Kier molecular flexibility index (Phi) is 4.69. The molecule has 1 fully saturated rings. The van der Waals surface area contributed by atoms with Gasteiger partial charge in [0.2, 0.25) is 0 Å². The van der Waals surface area contributed by atoms with E-state index in [0.29, 0.717) is 0 Å². The number of halogens is 1. The normalized spacial score (nSPS) is 20.6. The van der Waals surface area contributed by atoms with E-state index in [-0.39, 0.29) is 17.9 Å². The molecule has 1 aliphatic rings. The van der Waals surface area contributed by atoms with E-state index in [2.05, 4.69) is 0 Å². The van der Waals surface area contributed by atoms with Crippen molar-refractivity contribution in [3.8, 4) is 0 Å². The van der Waals surface area contributed by atoms with E-state index in [1.807, 2.05) is 18.1 Å². The summed E-state index contributed by atoms with van der Waals surface area (Å²) in [4.78, 5) is 5.69. The van der Waals surface area contributed by atoms with Crippen LogP contribution < -0.4 is 5.73 Å². The smallest absolute Gasteiger partial charge is 0.123 e. The van der Waals surface area contributed by atoms with Crippen LogP contribution in [0, 0.1) is 5.82 Å². The summed E-state index contributed by atoms with van der Waals surface area (Å²) in [6.07, 6.45) is 3.01. The molecular formula is C14H21FN2O. The molecule has 4 heteroatoms. The minimum absolute atomic E-state index is 0.0510. The molecule has 1 saturated heterocycles. The number of hydrogen-bond donors (Lipinski definition) is 1. The average Bonchev–Trinajstić information content (AvgIpc) is 2.40. The molecule has 2 N–H and O–H groups in total. The van der Waals surface area contributed by atoms with Gasteiger partial charge in [-0.1, -0.05) is 19.1 Å². The Morgan fingerprint density at radius 3 is 2.89 bits per heavy atom. The van der Waals surface area contributed by atoms with Gasteiger partial charge in [0.25, 0.3) is 0 Å². The second-order valence-corrected chi connectivity index (χ2v) is 4.75. The highest BCUT2D eigenvalue weighted by molar-refractivity contribution is 5.21. The molecule has 1 aromatic carbocycles. The molecule has 2 atom stereocenters. The van der Waals surface area contributed by atoms with Crippen molar-refractivity contribution in [2.75, 3.05) is 13.2 Å². The Balaban J connectivity index is 2.23. The first-order valence-corrected chi connectivity index (χ1v) is 6.63. The summed E-state index contributed by atoms with van der Waals surface area (Å²) in [5, 5.41) is 1.92. The summed E-state index contributed by atoms with van der Waals surface area (Å²) in [6.45, 7) is 3.62. The third-order valence-corrected chi connectivity index (χ3v) is 3.41. The minimum Gasteiger partial charge on any atom is -0.326 e. The maximum atomic E-state index is 13.4. The van der Waals surface area contributed by atoms with Gasteiger partial charge in [-0.05, 0) is 37.0 Å². The van der Waals surface area contributed by atoms with Gasteiger partial charge in [0.15, 0.2) is 0 Å². The van der Waals surface area contributed by atoms with Crippen LogP contribution in [0.15, 0.2) is 24.3 Å². The molecule has 100 valence electrons. The molecule has 1 aromatic rings. The lowest BCUT2D eigenvalue weighted by Gasteiger charge is -2.36. The zero-order valence-corrected chi connectivity index (χ0v) is 10.8. The van der Waals surface area contributed by atoms with Crippen LogP contribution in [0.4, 0.5) is 4.39 Å². The zero-order chi connectivity index (χ0) is 13.0. The molecule has 0 bridgehead atoms. The molecule has 0 aromatic heterocycles. The average molecular weight is 252 g/mol. The molecule has 1 aliphatic heterocycles. The van der Waals surface area contributed by atoms with E-state index in [1.54, 1.807) is 12.1 Å². The first-order chi connectivity index (χ1) is 8.72. The van der Waals surface area contributed by atoms with Crippen LogP contribution in [0.1, 0.15) is 37.8 Å². The Labute approximate surface area is 108 Å². The third-order valence-electron chi connectivity index (χ3n) is 3.41. The maximum Gasteiger partial charge on any atom is 0.123 e. The van der Waals surface area contributed by atoms with Crippen LogP contribution in [0.25, 0.3) is 0 Å². The van der Waals surface area contributed by atoms with E-state index in [1.165, 1.54) is 6.07 Å². The summed E-state index contributed by atoms with van der Waals surface area (Å²) in [7, 11) is 0. The minimum atomic E-state index is -0.224. The van der Waals surface area contributed by atoms with E-state index >= 15 is 0 Å². The molecule has 3 nitrogen and oxygen atoms in total. The van der Waals surface area contributed by atoms with Gasteiger partial charge in [0, 0.05) is 12.6 Å². The lowest BCUT2D eigenvalue weighted by Crippen LogP contribution is -2.43. The molecule has 0 radical (unpaired) electrons. The fourth-order valence-electron chi connectivity index (χ4n) is 2.38. The summed E-state index contributed by atoms with van der Waals surface area (Å²) < 4.78 is 13.4. The Morgan fingerprint density at radius 1 is 1.44 bits per heavy atom. The van der Waals surface area contributed by atoms with Crippen LogP contribution in [0.3, 0.4) is 0 Å². The number of rotatable bonds is 4. The number of nitrogens with zero attached hydrogens (tertiary/aromatic N) is 1. The maximum absolute atomic E-state index is 13.4. The van der Waals surface area contributed by atoms with Crippen molar-refractivity contribution < 1.29 is 9.23 Å². The van der Waals surface area contributed by atoms with Crippen LogP contribution in [-0.2, 0) is 4.84 Å². The molecule has 0 amide bonds. The monoisotopic (exact) mass is 252 g/mol. The van der Waals surface area contributed by atoms with Crippen molar-refractivity contribution in [2.45, 2.75) is 38.3 Å². The quantitative estimate of drug-likeness (QED) is 0.895. The van der Waals surface area contributed by atoms with Crippen molar-refractivity contribution in [1.82, 2.24) is 5.06 Å². The van der Waals surface area contributed by atoms with Crippen molar-refractivity contribution >= 4 is 0 Å². The number of hydrogen-bond acceptors (Lipinski definition) is 3. The molecule has 2 rings (SSSR count). The highest BCUT2D eigenvalue weighted by Crippen LogP contribution is 2.28. The molecule has 0 saturated carbocycles. The predicted molar refractivity (Wildman–Crippen MR) is 69.3 cm³/mol. The van der Waals surface area contributed by atoms with Crippen LogP contribution in [0.5, 0.6) is 0 Å². The Morgan fingerprint density at radius 2 is 2.28 bits per heavy atom. The van der Waals surface area contributed by atoms with Crippen molar-refractivity contribution in [1.29, 1.82) is 0 Å². The van der Waals surface area contributed by atoms with E-state index in [4.69, 9.17) is 10.6 Å². The fraction of sp³-hybridized carbons (Fsp3) is 0.571. The molecule has 18 heavy (non-hydrogen) atoms. The summed E-state index contributed by atoms with van der Waals surface area (Å²) >= 11 is 0. The first-order valence-electron chi connectivity index (χ1n) is 6.63. The molecule has 0 aliphatic carbocycles. The zero-order valence-electron chi connectivity index (χ0n) is 10.8. The number of nitrogens with two attached hydrogens (primary N) is 1. The lowest BCUT2D eigenvalue weighted by molar-refractivity contribution is -0.212. The Bertz CT molecular complexity index is 380. The third kappa shape index (κ3) is 3.07.